The fourth-order valence-electron chi connectivity index (χ4n) is 2.13. The molecule has 2 rings (SSSR count). The second kappa shape index (κ2) is 8.53. The van der Waals surface area contributed by atoms with Gasteiger partial charge in [-0.3, -0.25) is 9.10 Å². The second-order valence-corrected chi connectivity index (χ2v) is 8.32. The molecule has 6 nitrogen and oxygen atoms in total. The lowest BCUT2D eigenvalue weighted by Crippen LogP contribution is -2.39. The summed E-state index contributed by atoms with van der Waals surface area (Å²) in [6.07, 6.45) is 2.40. The zero-order chi connectivity index (χ0) is 19.3. The number of sulfonamides is 1. The first-order valence-electron chi connectivity index (χ1n) is 7.48. The predicted octanol–water partition coefficient (Wildman–Crippen LogP) is 3.22. The molecular weight excluding hydrogens is 397 g/mol. The van der Waals surface area contributed by atoms with Crippen LogP contribution < -0.4 is 9.73 Å². The number of carbonyl (C=O) groups is 1. The quantitative estimate of drug-likeness (QED) is 0.583. The van der Waals surface area contributed by atoms with E-state index in [1.54, 1.807) is 36.4 Å². The Balaban J connectivity index is 2.09. The molecular formula is C17H17Cl2N3O3S. The SMILES string of the molecule is Cc1cccc(N(CC(=O)N/N=C/c2ccc(Cl)cc2Cl)S(C)(=O)=O)c1. The molecule has 1 amide bonds. The van der Waals surface area contributed by atoms with E-state index in [9.17, 15) is 13.2 Å². The number of amides is 1. The number of anilines is 1. The molecule has 9 heteroatoms. The van der Waals surface area contributed by atoms with Crippen molar-refractivity contribution in [3.8, 4) is 0 Å². The van der Waals surface area contributed by atoms with E-state index in [2.05, 4.69) is 10.5 Å². The number of aryl methyl sites for hydroxylation is 1. The van der Waals surface area contributed by atoms with Gasteiger partial charge in [0.05, 0.1) is 23.2 Å². The summed E-state index contributed by atoms with van der Waals surface area (Å²) in [5, 5.41) is 4.67. The largest absolute Gasteiger partial charge is 0.271 e. The van der Waals surface area contributed by atoms with Crippen LogP contribution in [-0.4, -0.2) is 33.3 Å². The number of halogens is 2. The molecule has 0 atom stereocenters. The fourth-order valence-corrected chi connectivity index (χ4v) is 3.43. The average Bonchev–Trinajstić information content (AvgIpc) is 2.53. The lowest BCUT2D eigenvalue weighted by Gasteiger charge is -2.21. The molecule has 0 heterocycles. The van der Waals surface area contributed by atoms with Crippen molar-refractivity contribution in [2.75, 3.05) is 17.1 Å². The first-order chi connectivity index (χ1) is 12.2. The van der Waals surface area contributed by atoms with E-state index < -0.39 is 22.5 Å². The van der Waals surface area contributed by atoms with Crippen LogP contribution in [0.1, 0.15) is 11.1 Å². The monoisotopic (exact) mass is 413 g/mol. The molecule has 0 aliphatic rings. The number of hydrogen-bond acceptors (Lipinski definition) is 4. The number of rotatable bonds is 6. The Labute approximate surface area is 162 Å². The summed E-state index contributed by atoms with van der Waals surface area (Å²) in [6.45, 7) is 1.44. The van der Waals surface area contributed by atoms with Crippen molar-refractivity contribution >= 4 is 51.0 Å². The van der Waals surface area contributed by atoms with E-state index in [-0.39, 0.29) is 0 Å². The molecule has 2 aromatic rings. The molecule has 0 aromatic heterocycles. The van der Waals surface area contributed by atoms with Gasteiger partial charge in [0.1, 0.15) is 6.54 Å². The van der Waals surface area contributed by atoms with Crippen molar-refractivity contribution in [3.05, 3.63) is 63.6 Å². The second-order valence-electron chi connectivity index (χ2n) is 5.57. The summed E-state index contributed by atoms with van der Waals surface area (Å²) in [5.41, 5.74) is 4.15. The molecule has 0 fully saturated rings. The molecule has 2 aromatic carbocycles. The van der Waals surface area contributed by atoms with Gasteiger partial charge in [0.2, 0.25) is 10.0 Å². The average molecular weight is 414 g/mol. The lowest BCUT2D eigenvalue weighted by molar-refractivity contribution is -0.119. The van der Waals surface area contributed by atoms with Gasteiger partial charge in [0.25, 0.3) is 5.91 Å². The van der Waals surface area contributed by atoms with Gasteiger partial charge in [-0.1, -0.05) is 41.4 Å². The van der Waals surface area contributed by atoms with Crippen molar-refractivity contribution in [1.29, 1.82) is 0 Å². The molecule has 0 saturated carbocycles. The maximum absolute atomic E-state index is 12.1. The molecule has 26 heavy (non-hydrogen) atoms. The fraction of sp³-hybridized carbons (Fsp3) is 0.176. The highest BCUT2D eigenvalue weighted by atomic mass is 35.5. The Hall–Kier alpha value is -2.09. The van der Waals surface area contributed by atoms with Crippen LogP contribution in [0.2, 0.25) is 10.0 Å². The molecule has 0 bridgehead atoms. The number of nitrogens with one attached hydrogen (secondary N) is 1. The Morgan fingerprint density at radius 2 is 1.96 bits per heavy atom. The third-order valence-corrected chi connectivity index (χ3v) is 5.04. The van der Waals surface area contributed by atoms with E-state index in [4.69, 9.17) is 23.2 Å². The van der Waals surface area contributed by atoms with Gasteiger partial charge in [-0.15, -0.1) is 0 Å². The third kappa shape index (κ3) is 5.72. The van der Waals surface area contributed by atoms with Crippen molar-refractivity contribution in [2.24, 2.45) is 5.10 Å². The van der Waals surface area contributed by atoms with Crippen molar-refractivity contribution in [3.63, 3.8) is 0 Å². The van der Waals surface area contributed by atoms with Gasteiger partial charge in [-0.05, 0) is 36.8 Å². The van der Waals surface area contributed by atoms with Gasteiger partial charge < -0.3 is 0 Å². The van der Waals surface area contributed by atoms with E-state index >= 15 is 0 Å². The van der Waals surface area contributed by atoms with Crippen LogP contribution in [-0.2, 0) is 14.8 Å². The van der Waals surface area contributed by atoms with Crippen LogP contribution in [0.3, 0.4) is 0 Å². The number of carbonyl (C=O) groups excluding carboxylic acids is 1. The highest BCUT2D eigenvalue weighted by Gasteiger charge is 2.20. The Kier molecular flexibility index (Phi) is 6.63. The summed E-state index contributed by atoms with van der Waals surface area (Å²) < 4.78 is 25.1. The maximum atomic E-state index is 12.1. The molecule has 0 radical (unpaired) electrons. The summed E-state index contributed by atoms with van der Waals surface area (Å²) in [5.74, 6) is -0.585. The number of benzene rings is 2. The molecule has 0 aliphatic heterocycles. The van der Waals surface area contributed by atoms with Crippen LogP contribution in [0.15, 0.2) is 47.6 Å². The van der Waals surface area contributed by atoms with Crippen LogP contribution in [0, 0.1) is 6.92 Å². The minimum atomic E-state index is -3.63. The Morgan fingerprint density at radius 3 is 2.58 bits per heavy atom. The highest BCUT2D eigenvalue weighted by molar-refractivity contribution is 7.92. The summed E-state index contributed by atoms with van der Waals surface area (Å²) in [7, 11) is -3.63. The van der Waals surface area contributed by atoms with Crippen LogP contribution in [0.25, 0.3) is 0 Å². The molecule has 0 aliphatic carbocycles. The number of hydrazone groups is 1. The van der Waals surface area contributed by atoms with Crippen molar-refractivity contribution in [1.82, 2.24) is 5.43 Å². The van der Waals surface area contributed by atoms with Crippen LogP contribution in [0.5, 0.6) is 0 Å². The zero-order valence-electron chi connectivity index (χ0n) is 14.1. The molecule has 138 valence electrons. The topological polar surface area (TPSA) is 78.8 Å². The van der Waals surface area contributed by atoms with Crippen LogP contribution >= 0.6 is 23.2 Å². The van der Waals surface area contributed by atoms with E-state index in [0.717, 1.165) is 16.1 Å². The number of hydrogen-bond donors (Lipinski definition) is 1. The minimum Gasteiger partial charge on any atom is -0.271 e. The minimum absolute atomic E-state index is 0.382. The molecule has 1 N–H and O–H groups in total. The normalized spacial score (nSPS) is 11.5. The first kappa shape index (κ1) is 20.2. The summed E-state index contributed by atoms with van der Waals surface area (Å²) in [6, 6.07) is 11.7. The highest BCUT2D eigenvalue weighted by Crippen LogP contribution is 2.20. The number of nitrogens with zero attached hydrogens (tertiary/aromatic N) is 2. The Bertz CT molecular complexity index is 946. The first-order valence-corrected chi connectivity index (χ1v) is 10.1. The predicted molar refractivity (Wildman–Crippen MR) is 106 cm³/mol. The van der Waals surface area contributed by atoms with Gasteiger partial charge in [-0.2, -0.15) is 5.10 Å². The molecule has 0 unspecified atom stereocenters. The Morgan fingerprint density at radius 1 is 1.23 bits per heavy atom. The van der Waals surface area contributed by atoms with Gasteiger partial charge >= 0.3 is 0 Å². The van der Waals surface area contributed by atoms with Gasteiger partial charge in [-0.25, -0.2) is 13.8 Å². The van der Waals surface area contributed by atoms with E-state index in [1.807, 2.05) is 13.0 Å². The molecule has 0 spiro atoms. The van der Waals surface area contributed by atoms with Gasteiger partial charge in [0, 0.05) is 10.6 Å². The maximum Gasteiger partial charge on any atom is 0.260 e. The van der Waals surface area contributed by atoms with Gasteiger partial charge in [0.15, 0.2) is 0 Å². The lowest BCUT2D eigenvalue weighted by atomic mass is 10.2. The standard InChI is InChI=1S/C17H17Cl2N3O3S/c1-12-4-3-5-15(8-12)22(26(2,24)25)11-17(23)21-20-10-13-6-7-14(18)9-16(13)19/h3-10H,11H2,1-2H3,(H,21,23)/b20-10+. The van der Waals surface area contributed by atoms with E-state index in [0.29, 0.717) is 21.3 Å². The van der Waals surface area contributed by atoms with Crippen LogP contribution in [0.4, 0.5) is 5.69 Å². The third-order valence-electron chi connectivity index (χ3n) is 3.33. The van der Waals surface area contributed by atoms with E-state index in [1.165, 1.54) is 6.21 Å². The van der Waals surface area contributed by atoms with Crippen molar-refractivity contribution < 1.29 is 13.2 Å². The smallest absolute Gasteiger partial charge is 0.260 e. The van der Waals surface area contributed by atoms with Crippen molar-refractivity contribution in [2.45, 2.75) is 6.92 Å². The summed E-state index contributed by atoms with van der Waals surface area (Å²) in [4.78, 5) is 12.1. The summed E-state index contributed by atoms with van der Waals surface area (Å²) >= 11 is 11.8. The molecule has 0 saturated heterocycles. The zero-order valence-corrected chi connectivity index (χ0v) is 16.4.